The number of amides is 1. The van der Waals surface area contributed by atoms with Gasteiger partial charge in [0.1, 0.15) is 0 Å². The second-order valence-corrected chi connectivity index (χ2v) is 5.06. The minimum Gasteiger partial charge on any atom is -0.337 e. The molecule has 0 saturated carbocycles. The molecule has 0 saturated heterocycles. The highest BCUT2D eigenvalue weighted by Crippen LogP contribution is 2.32. The fraction of sp³-hybridized carbons (Fsp3) is 0.286. The predicted molar refractivity (Wildman–Crippen MR) is 47.8 cm³/mol. The molecule has 58 valence electrons. The molecule has 11 heavy (non-hydrogen) atoms. The molecule has 0 aliphatic carbocycles. The first-order valence-electron chi connectivity index (χ1n) is 3.22. The summed E-state index contributed by atoms with van der Waals surface area (Å²) in [6, 6.07) is 1.89. The van der Waals surface area contributed by atoms with Gasteiger partial charge in [-0.1, -0.05) is 0 Å². The lowest BCUT2D eigenvalue weighted by atomic mass is 10.3. The van der Waals surface area contributed by atoms with Crippen molar-refractivity contribution in [3.05, 3.63) is 20.3 Å². The molecule has 4 heteroatoms. The van der Waals surface area contributed by atoms with Crippen molar-refractivity contribution >= 4 is 33.2 Å². The zero-order valence-corrected chi connectivity index (χ0v) is 8.33. The summed E-state index contributed by atoms with van der Waals surface area (Å²) >= 11 is 4.99. The van der Waals surface area contributed by atoms with Crippen LogP contribution in [0.15, 0.2) is 9.85 Å². The zero-order valence-electron chi connectivity index (χ0n) is 5.93. The van der Waals surface area contributed by atoms with Gasteiger partial charge >= 0.3 is 0 Å². The first kappa shape index (κ1) is 7.31. The van der Waals surface area contributed by atoms with E-state index in [4.69, 9.17) is 0 Å². The molecule has 0 fully saturated rings. The molecule has 2 rings (SSSR count). The monoisotopic (exact) mass is 231 g/mol. The van der Waals surface area contributed by atoms with E-state index < -0.39 is 0 Å². The number of halogens is 1. The third-order valence-electron chi connectivity index (χ3n) is 1.74. The molecule has 0 unspecified atom stereocenters. The number of fused-ring (bicyclic) bond motifs is 1. The first-order chi connectivity index (χ1) is 5.18. The first-order valence-corrected chi connectivity index (χ1v) is 4.83. The van der Waals surface area contributed by atoms with Crippen molar-refractivity contribution in [2.75, 3.05) is 7.05 Å². The van der Waals surface area contributed by atoms with E-state index in [0.717, 1.165) is 15.9 Å². The summed E-state index contributed by atoms with van der Waals surface area (Å²) in [5, 5.41) is 0. The Bertz CT molecular complexity index is 320. The Morgan fingerprint density at radius 1 is 1.73 bits per heavy atom. The number of nitrogens with zero attached hydrogens (tertiary/aromatic N) is 1. The fourth-order valence-electron chi connectivity index (χ4n) is 1.19. The summed E-state index contributed by atoms with van der Waals surface area (Å²) in [6.45, 7) is 0.768. The van der Waals surface area contributed by atoms with E-state index in [0.29, 0.717) is 0 Å². The van der Waals surface area contributed by atoms with Crippen molar-refractivity contribution in [3.8, 4) is 0 Å². The number of rotatable bonds is 0. The summed E-state index contributed by atoms with van der Waals surface area (Å²) < 4.78 is 1.05. The number of thiophene rings is 1. The van der Waals surface area contributed by atoms with Gasteiger partial charge in [-0.25, -0.2) is 0 Å². The van der Waals surface area contributed by atoms with Crippen molar-refractivity contribution < 1.29 is 4.79 Å². The van der Waals surface area contributed by atoms with Crippen LogP contribution in [0.4, 0.5) is 0 Å². The molecule has 0 bridgehead atoms. The quantitative estimate of drug-likeness (QED) is 0.670. The molecule has 0 radical (unpaired) electrons. The van der Waals surface area contributed by atoms with Crippen molar-refractivity contribution in [2.45, 2.75) is 6.54 Å². The number of carbonyl (C=O) groups excluding carboxylic acids is 1. The van der Waals surface area contributed by atoms with Gasteiger partial charge in [-0.3, -0.25) is 4.79 Å². The molecule has 0 atom stereocenters. The molecule has 1 aromatic rings. The SMILES string of the molecule is CN1Cc2sc(Br)cc2C1=O. The van der Waals surface area contributed by atoms with Crippen LogP contribution in [0.5, 0.6) is 0 Å². The molecule has 1 aliphatic heterocycles. The van der Waals surface area contributed by atoms with Crippen LogP contribution in [0.1, 0.15) is 15.2 Å². The smallest absolute Gasteiger partial charge is 0.255 e. The van der Waals surface area contributed by atoms with Crippen LogP contribution in [-0.2, 0) is 6.54 Å². The van der Waals surface area contributed by atoms with E-state index in [1.807, 2.05) is 13.1 Å². The van der Waals surface area contributed by atoms with Crippen molar-refractivity contribution in [2.24, 2.45) is 0 Å². The lowest BCUT2D eigenvalue weighted by Crippen LogP contribution is -2.17. The molecule has 0 N–H and O–H groups in total. The van der Waals surface area contributed by atoms with Crippen molar-refractivity contribution in [1.82, 2.24) is 4.90 Å². The van der Waals surface area contributed by atoms with Crippen molar-refractivity contribution in [1.29, 1.82) is 0 Å². The van der Waals surface area contributed by atoms with E-state index in [1.54, 1.807) is 16.2 Å². The van der Waals surface area contributed by atoms with E-state index in [9.17, 15) is 4.79 Å². The maximum Gasteiger partial charge on any atom is 0.255 e. The van der Waals surface area contributed by atoms with Crippen LogP contribution in [0.3, 0.4) is 0 Å². The number of hydrogen-bond donors (Lipinski definition) is 0. The minimum absolute atomic E-state index is 0.141. The van der Waals surface area contributed by atoms with Crippen LogP contribution >= 0.6 is 27.3 Å². The van der Waals surface area contributed by atoms with E-state index in [-0.39, 0.29) is 5.91 Å². The van der Waals surface area contributed by atoms with Gasteiger partial charge in [0.25, 0.3) is 5.91 Å². The lowest BCUT2D eigenvalue weighted by molar-refractivity contribution is 0.0816. The maximum absolute atomic E-state index is 11.3. The van der Waals surface area contributed by atoms with Crippen LogP contribution in [0.2, 0.25) is 0 Å². The molecule has 1 aromatic heterocycles. The van der Waals surface area contributed by atoms with Gasteiger partial charge in [-0.15, -0.1) is 11.3 Å². The van der Waals surface area contributed by atoms with E-state index >= 15 is 0 Å². The highest BCUT2D eigenvalue weighted by Gasteiger charge is 2.26. The maximum atomic E-state index is 11.3. The molecule has 0 spiro atoms. The van der Waals surface area contributed by atoms with Gasteiger partial charge in [-0.2, -0.15) is 0 Å². The van der Waals surface area contributed by atoms with E-state index in [1.165, 1.54) is 4.88 Å². The van der Waals surface area contributed by atoms with Gasteiger partial charge < -0.3 is 4.90 Å². The molecular weight excluding hydrogens is 226 g/mol. The Morgan fingerprint density at radius 3 is 3.09 bits per heavy atom. The Balaban J connectivity index is 2.52. The predicted octanol–water partition coefficient (Wildman–Crippen LogP) is 2.10. The third kappa shape index (κ3) is 1.01. The Kier molecular flexibility index (Phi) is 1.54. The zero-order chi connectivity index (χ0) is 8.01. The largest absolute Gasteiger partial charge is 0.337 e. The average molecular weight is 232 g/mol. The summed E-state index contributed by atoms with van der Waals surface area (Å²) in [7, 11) is 1.82. The van der Waals surface area contributed by atoms with Gasteiger partial charge in [0.15, 0.2) is 0 Å². The van der Waals surface area contributed by atoms with E-state index in [2.05, 4.69) is 15.9 Å². The number of carbonyl (C=O) groups is 1. The minimum atomic E-state index is 0.141. The third-order valence-corrected chi connectivity index (χ3v) is 3.36. The van der Waals surface area contributed by atoms with Crippen molar-refractivity contribution in [3.63, 3.8) is 0 Å². The van der Waals surface area contributed by atoms with Gasteiger partial charge in [-0.05, 0) is 22.0 Å². The van der Waals surface area contributed by atoms with Gasteiger partial charge in [0, 0.05) is 11.9 Å². The molecule has 2 heterocycles. The van der Waals surface area contributed by atoms with Crippen LogP contribution < -0.4 is 0 Å². The standard InChI is InChI=1S/C7H6BrNOS/c1-9-3-5-4(7(9)10)2-6(8)11-5/h2H,3H2,1H3. The van der Waals surface area contributed by atoms with Crippen LogP contribution in [0.25, 0.3) is 0 Å². The number of hydrogen-bond acceptors (Lipinski definition) is 2. The lowest BCUT2D eigenvalue weighted by Gasteiger charge is -2.05. The highest BCUT2D eigenvalue weighted by atomic mass is 79.9. The summed E-state index contributed by atoms with van der Waals surface area (Å²) in [4.78, 5) is 14.2. The summed E-state index contributed by atoms with van der Waals surface area (Å²) in [6.07, 6.45) is 0. The molecular formula is C7H6BrNOS. The summed E-state index contributed by atoms with van der Waals surface area (Å²) in [5.74, 6) is 0.141. The van der Waals surface area contributed by atoms with Crippen LogP contribution in [0, 0.1) is 0 Å². The topological polar surface area (TPSA) is 20.3 Å². The van der Waals surface area contributed by atoms with Gasteiger partial charge in [0.2, 0.25) is 0 Å². The Labute approximate surface area is 76.9 Å². The fourth-order valence-corrected chi connectivity index (χ4v) is 2.93. The molecule has 0 aromatic carbocycles. The molecule has 1 amide bonds. The second kappa shape index (κ2) is 2.32. The second-order valence-electron chi connectivity index (χ2n) is 2.55. The Hall–Kier alpha value is -0.350. The van der Waals surface area contributed by atoms with Crippen LogP contribution in [-0.4, -0.2) is 17.9 Å². The molecule has 1 aliphatic rings. The average Bonchev–Trinajstić information content (AvgIpc) is 2.37. The van der Waals surface area contributed by atoms with Gasteiger partial charge in [0.05, 0.1) is 15.9 Å². The normalized spacial score (nSPS) is 15.8. The molecule has 2 nitrogen and oxygen atoms in total. The summed E-state index contributed by atoms with van der Waals surface area (Å²) in [5.41, 5.74) is 0.865. The highest BCUT2D eigenvalue weighted by molar-refractivity contribution is 9.11. The Morgan fingerprint density at radius 2 is 2.45 bits per heavy atom.